The molecule has 4 nitrogen and oxygen atoms in total. The van der Waals surface area contributed by atoms with Crippen molar-refractivity contribution in [3.05, 3.63) is 76.8 Å². The molecule has 0 radical (unpaired) electrons. The fourth-order valence-electron chi connectivity index (χ4n) is 2.53. The predicted molar refractivity (Wildman–Crippen MR) is 98.8 cm³/mol. The third kappa shape index (κ3) is 4.06. The van der Waals surface area contributed by atoms with Gasteiger partial charge in [0.1, 0.15) is 0 Å². The number of carbonyl (C=O) groups excluding carboxylic acids is 2. The molecule has 0 heterocycles. The van der Waals surface area contributed by atoms with Gasteiger partial charge in [-0.3, -0.25) is 4.79 Å². The van der Waals surface area contributed by atoms with Crippen molar-refractivity contribution >= 4 is 39.9 Å². The first kappa shape index (κ1) is 18.8. The van der Waals surface area contributed by atoms with Crippen LogP contribution in [0.5, 0.6) is 0 Å². The van der Waals surface area contributed by atoms with Gasteiger partial charge in [-0.05, 0) is 30.5 Å². The summed E-state index contributed by atoms with van der Waals surface area (Å²) in [6.45, 7) is 1.37. The molecular formula is C20H14ClF2NO3. The molecule has 7 heteroatoms. The van der Waals surface area contributed by atoms with Gasteiger partial charge in [-0.1, -0.05) is 48.0 Å². The number of rotatable bonds is 4. The average molecular weight is 390 g/mol. The number of fused-ring (bicyclic) bond motifs is 1. The van der Waals surface area contributed by atoms with E-state index in [1.54, 1.807) is 12.1 Å². The first-order chi connectivity index (χ1) is 12.9. The normalized spacial score (nSPS) is 11.9. The molecule has 0 fully saturated rings. The summed E-state index contributed by atoms with van der Waals surface area (Å²) < 4.78 is 31.5. The molecule has 0 spiro atoms. The summed E-state index contributed by atoms with van der Waals surface area (Å²) in [5.41, 5.74) is 0.201. The molecule has 3 rings (SSSR count). The molecule has 0 saturated heterocycles. The monoisotopic (exact) mass is 389 g/mol. The molecule has 0 bridgehead atoms. The molecule has 0 aliphatic carbocycles. The SMILES string of the molecule is C[C@@H](OC(=O)c1cc(F)c(F)cc1Cl)C(=O)Nc1cccc2ccccc12. The Balaban J connectivity index is 1.74. The maximum Gasteiger partial charge on any atom is 0.340 e. The maximum absolute atomic E-state index is 13.3. The van der Waals surface area contributed by atoms with Crippen LogP contribution in [0.4, 0.5) is 14.5 Å². The predicted octanol–water partition coefficient (Wildman–Crippen LogP) is 4.96. The molecule has 0 aliphatic rings. The Morgan fingerprint density at radius 2 is 1.70 bits per heavy atom. The third-order valence-electron chi connectivity index (χ3n) is 3.93. The van der Waals surface area contributed by atoms with Gasteiger partial charge in [-0.15, -0.1) is 0 Å². The summed E-state index contributed by atoms with van der Waals surface area (Å²) in [5, 5.41) is 4.16. The van der Waals surface area contributed by atoms with Gasteiger partial charge < -0.3 is 10.1 Å². The number of hydrogen-bond acceptors (Lipinski definition) is 3. The maximum atomic E-state index is 13.3. The van der Waals surface area contributed by atoms with Gasteiger partial charge in [0.2, 0.25) is 0 Å². The second-order valence-corrected chi connectivity index (χ2v) is 6.22. The first-order valence-corrected chi connectivity index (χ1v) is 8.39. The zero-order valence-electron chi connectivity index (χ0n) is 14.1. The molecule has 138 valence electrons. The van der Waals surface area contributed by atoms with E-state index in [2.05, 4.69) is 5.32 Å². The molecule has 0 saturated carbocycles. The number of carbonyl (C=O) groups is 2. The zero-order chi connectivity index (χ0) is 19.6. The third-order valence-corrected chi connectivity index (χ3v) is 4.24. The number of nitrogens with one attached hydrogen (secondary N) is 1. The van der Waals surface area contributed by atoms with Crippen LogP contribution in [-0.2, 0) is 9.53 Å². The van der Waals surface area contributed by atoms with Gasteiger partial charge in [0.05, 0.1) is 10.6 Å². The van der Waals surface area contributed by atoms with E-state index in [4.69, 9.17) is 16.3 Å². The van der Waals surface area contributed by atoms with Crippen molar-refractivity contribution in [1.29, 1.82) is 0 Å². The Labute approximate surface area is 158 Å². The lowest BCUT2D eigenvalue weighted by Gasteiger charge is -2.15. The molecule has 3 aromatic rings. The molecule has 0 aliphatic heterocycles. The number of ether oxygens (including phenoxy) is 1. The topological polar surface area (TPSA) is 55.4 Å². The van der Waals surface area contributed by atoms with Crippen molar-refractivity contribution in [2.24, 2.45) is 0 Å². The highest BCUT2D eigenvalue weighted by Crippen LogP contribution is 2.24. The van der Waals surface area contributed by atoms with E-state index in [1.807, 2.05) is 30.3 Å². The number of hydrogen-bond donors (Lipinski definition) is 1. The zero-order valence-corrected chi connectivity index (χ0v) is 14.9. The van der Waals surface area contributed by atoms with E-state index in [0.717, 1.165) is 10.8 Å². The summed E-state index contributed by atoms with van der Waals surface area (Å²) in [4.78, 5) is 24.5. The highest BCUT2D eigenvalue weighted by molar-refractivity contribution is 6.33. The van der Waals surface area contributed by atoms with Crippen LogP contribution >= 0.6 is 11.6 Å². The fourth-order valence-corrected chi connectivity index (χ4v) is 2.75. The van der Waals surface area contributed by atoms with Gasteiger partial charge in [-0.2, -0.15) is 0 Å². The minimum Gasteiger partial charge on any atom is -0.449 e. The number of esters is 1. The summed E-state index contributed by atoms with van der Waals surface area (Å²) in [6.07, 6.45) is -1.18. The summed E-state index contributed by atoms with van der Waals surface area (Å²) >= 11 is 5.75. The van der Waals surface area contributed by atoms with E-state index in [-0.39, 0.29) is 10.6 Å². The molecule has 0 unspecified atom stereocenters. The highest BCUT2D eigenvalue weighted by Gasteiger charge is 2.22. The molecular weight excluding hydrogens is 376 g/mol. The van der Waals surface area contributed by atoms with Crippen LogP contribution in [0.25, 0.3) is 10.8 Å². The molecule has 0 aromatic heterocycles. The van der Waals surface area contributed by atoms with Crippen LogP contribution in [0.1, 0.15) is 17.3 Å². The smallest absolute Gasteiger partial charge is 0.340 e. The Hall–Kier alpha value is -2.99. The van der Waals surface area contributed by atoms with Crippen molar-refractivity contribution in [2.75, 3.05) is 5.32 Å². The quantitative estimate of drug-likeness (QED) is 0.507. The van der Waals surface area contributed by atoms with Crippen molar-refractivity contribution in [1.82, 2.24) is 0 Å². The Kier molecular flexibility index (Phi) is 5.37. The molecule has 3 aromatic carbocycles. The molecule has 1 amide bonds. The van der Waals surface area contributed by atoms with Crippen molar-refractivity contribution < 1.29 is 23.1 Å². The second kappa shape index (κ2) is 7.72. The van der Waals surface area contributed by atoms with Crippen LogP contribution in [-0.4, -0.2) is 18.0 Å². The second-order valence-electron chi connectivity index (χ2n) is 5.81. The molecule has 27 heavy (non-hydrogen) atoms. The molecule has 1 atom stereocenters. The van der Waals surface area contributed by atoms with Gasteiger partial charge in [0.15, 0.2) is 17.7 Å². The Bertz CT molecular complexity index is 1030. The van der Waals surface area contributed by atoms with Gasteiger partial charge in [0.25, 0.3) is 5.91 Å². The van der Waals surface area contributed by atoms with Crippen LogP contribution in [0.2, 0.25) is 5.02 Å². The Morgan fingerprint density at radius 3 is 2.48 bits per heavy atom. The van der Waals surface area contributed by atoms with Gasteiger partial charge in [-0.25, -0.2) is 13.6 Å². The van der Waals surface area contributed by atoms with Crippen LogP contribution in [0.15, 0.2) is 54.6 Å². The largest absolute Gasteiger partial charge is 0.449 e. The minimum absolute atomic E-state index is 0.305. The van der Waals surface area contributed by atoms with Crippen molar-refractivity contribution in [2.45, 2.75) is 13.0 Å². The van der Waals surface area contributed by atoms with E-state index in [0.29, 0.717) is 17.8 Å². The standard InChI is InChI=1S/C20H14ClF2NO3/c1-11(27-20(26)14-9-16(22)17(23)10-15(14)21)19(25)24-18-8-4-6-12-5-2-3-7-13(12)18/h2-11H,1H3,(H,24,25)/t11-/m1/s1. The van der Waals surface area contributed by atoms with Gasteiger partial charge in [0, 0.05) is 11.1 Å². The number of amides is 1. The summed E-state index contributed by atoms with van der Waals surface area (Å²) in [7, 11) is 0. The lowest BCUT2D eigenvalue weighted by Crippen LogP contribution is -2.30. The lowest BCUT2D eigenvalue weighted by atomic mass is 10.1. The number of benzene rings is 3. The highest BCUT2D eigenvalue weighted by atomic mass is 35.5. The average Bonchev–Trinajstić information content (AvgIpc) is 2.64. The number of halogens is 3. The van der Waals surface area contributed by atoms with Crippen molar-refractivity contribution in [3.63, 3.8) is 0 Å². The van der Waals surface area contributed by atoms with E-state index >= 15 is 0 Å². The van der Waals surface area contributed by atoms with Crippen molar-refractivity contribution in [3.8, 4) is 0 Å². The van der Waals surface area contributed by atoms with E-state index < -0.39 is 29.6 Å². The van der Waals surface area contributed by atoms with Crippen LogP contribution < -0.4 is 5.32 Å². The minimum atomic E-state index is -1.24. The lowest BCUT2D eigenvalue weighted by molar-refractivity contribution is -0.123. The summed E-state index contributed by atoms with van der Waals surface area (Å²) in [6, 6.07) is 14.2. The van der Waals surface area contributed by atoms with E-state index in [1.165, 1.54) is 6.92 Å². The Morgan fingerprint density at radius 1 is 1.04 bits per heavy atom. The van der Waals surface area contributed by atoms with Crippen LogP contribution in [0.3, 0.4) is 0 Å². The summed E-state index contributed by atoms with van der Waals surface area (Å²) in [5.74, 6) is -4.02. The van der Waals surface area contributed by atoms with Crippen LogP contribution in [0, 0.1) is 11.6 Å². The molecule has 1 N–H and O–H groups in total. The van der Waals surface area contributed by atoms with E-state index in [9.17, 15) is 18.4 Å². The van der Waals surface area contributed by atoms with Gasteiger partial charge >= 0.3 is 5.97 Å². The number of anilines is 1. The first-order valence-electron chi connectivity index (χ1n) is 8.01. The fraction of sp³-hybridized carbons (Fsp3) is 0.100.